The Bertz CT molecular complexity index is 910. The quantitative estimate of drug-likeness (QED) is 0.316. The second-order valence-electron chi connectivity index (χ2n) is 5.38. The molecule has 0 saturated carbocycles. The van der Waals surface area contributed by atoms with Crippen LogP contribution in [0.1, 0.15) is 21.1 Å². The molecule has 140 valence electrons. The van der Waals surface area contributed by atoms with Gasteiger partial charge in [-0.25, -0.2) is 20.6 Å². The van der Waals surface area contributed by atoms with Crippen LogP contribution in [0.2, 0.25) is 0 Å². The van der Waals surface area contributed by atoms with Crippen molar-refractivity contribution in [1.29, 1.82) is 0 Å². The largest absolute Gasteiger partial charge is 0.445 e. The van der Waals surface area contributed by atoms with Gasteiger partial charge in [-0.1, -0.05) is 30.3 Å². The van der Waals surface area contributed by atoms with Crippen LogP contribution in [0.3, 0.4) is 0 Å². The summed E-state index contributed by atoms with van der Waals surface area (Å²) in [5.74, 6) is 4.66. The zero-order chi connectivity index (χ0) is 19.1. The summed E-state index contributed by atoms with van der Waals surface area (Å²) in [6, 6.07) is 9.48. The molecule has 0 aliphatic heterocycles. The van der Waals surface area contributed by atoms with Gasteiger partial charge in [0.1, 0.15) is 23.0 Å². The van der Waals surface area contributed by atoms with Gasteiger partial charge in [0.05, 0.1) is 5.01 Å². The lowest BCUT2D eigenvalue weighted by atomic mass is 10.2. The fourth-order valence-corrected chi connectivity index (χ4v) is 3.76. The van der Waals surface area contributed by atoms with E-state index in [1.54, 1.807) is 5.38 Å². The van der Waals surface area contributed by atoms with Crippen molar-refractivity contribution in [1.82, 2.24) is 20.7 Å². The third-order valence-corrected chi connectivity index (χ3v) is 5.23. The zero-order valence-corrected chi connectivity index (χ0v) is 15.8. The van der Waals surface area contributed by atoms with E-state index in [0.717, 1.165) is 10.6 Å². The highest BCUT2D eigenvalue weighted by Gasteiger charge is 2.13. The number of hydrogen-bond acceptors (Lipinski definition) is 8. The number of ether oxygens (including phenoxy) is 1. The normalized spacial score (nSPS) is 10.4. The summed E-state index contributed by atoms with van der Waals surface area (Å²) in [5.41, 5.74) is 3.94. The summed E-state index contributed by atoms with van der Waals surface area (Å²) in [6.07, 6.45) is 0.111. The van der Waals surface area contributed by atoms with Crippen molar-refractivity contribution in [2.75, 3.05) is 6.54 Å². The molecule has 0 aliphatic carbocycles. The average molecular weight is 403 g/mol. The Morgan fingerprint density at radius 3 is 2.70 bits per heavy atom. The molecule has 2 heterocycles. The molecule has 0 fully saturated rings. The number of nitrogen functional groups attached to an aromatic ring is 1. The Kier molecular flexibility index (Phi) is 6.47. The van der Waals surface area contributed by atoms with Gasteiger partial charge in [0.15, 0.2) is 0 Å². The number of amides is 2. The molecule has 3 rings (SSSR count). The lowest BCUT2D eigenvalue weighted by molar-refractivity contribution is 0.0949. The van der Waals surface area contributed by atoms with Gasteiger partial charge in [-0.2, -0.15) is 0 Å². The molecule has 3 aromatic rings. The minimum atomic E-state index is -0.465. The number of hydrogen-bond donors (Lipinski definition) is 3. The number of rotatable bonds is 7. The number of aromatic nitrogens is 2. The highest BCUT2D eigenvalue weighted by molar-refractivity contribution is 7.14. The molecule has 0 atom stereocenters. The van der Waals surface area contributed by atoms with Crippen LogP contribution < -0.4 is 16.6 Å². The summed E-state index contributed by atoms with van der Waals surface area (Å²) in [5, 5.41) is 7.70. The van der Waals surface area contributed by atoms with Crippen LogP contribution in [0.25, 0.3) is 10.7 Å². The van der Waals surface area contributed by atoms with Crippen molar-refractivity contribution in [2.45, 2.75) is 13.0 Å². The summed E-state index contributed by atoms with van der Waals surface area (Å²) >= 11 is 2.79. The fraction of sp³-hybridized carbons (Fsp3) is 0.176. The first-order chi connectivity index (χ1) is 13.2. The summed E-state index contributed by atoms with van der Waals surface area (Å²) in [6.45, 7) is 0.649. The van der Waals surface area contributed by atoms with Crippen LogP contribution in [0.15, 0.2) is 41.1 Å². The average Bonchev–Trinajstić information content (AvgIpc) is 3.36. The molecule has 0 unspecified atom stereocenters. The Hall–Kier alpha value is -2.82. The van der Waals surface area contributed by atoms with E-state index >= 15 is 0 Å². The molecule has 0 bridgehead atoms. The number of carbonyl (C=O) groups is 2. The van der Waals surface area contributed by atoms with Crippen molar-refractivity contribution >= 4 is 34.7 Å². The Morgan fingerprint density at radius 2 is 1.93 bits per heavy atom. The number of benzene rings is 1. The maximum atomic E-state index is 11.7. The number of nitrogens with one attached hydrogen (secondary N) is 2. The van der Waals surface area contributed by atoms with E-state index < -0.39 is 12.0 Å². The molecule has 0 aliphatic rings. The maximum absolute atomic E-state index is 11.7. The van der Waals surface area contributed by atoms with Gasteiger partial charge in [0.25, 0.3) is 5.91 Å². The van der Waals surface area contributed by atoms with E-state index in [1.807, 2.05) is 41.1 Å². The zero-order valence-electron chi connectivity index (χ0n) is 14.2. The predicted octanol–water partition coefficient (Wildman–Crippen LogP) is 2.34. The van der Waals surface area contributed by atoms with Crippen LogP contribution in [-0.4, -0.2) is 28.5 Å². The number of nitrogens with zero attached hydrogens (tertiary/aromatic N) is 2. The van der Waals surface area contributed by atoms with Gasteiger partial charge >= 0.3 is 6.09 Å². The first kappa shape index (κ1) is 19.0. The molecule has 1 aromatic carbocycles. The lowest BCUT2D eigenvalue weighted by Crippen LogP contribution is -2.30. The van der Waals surface area contributed by atoms with E-state index in [2.05, 4.69) is 15.3 Å². The van der Waals surface area contributed by atoms with Gasteiger partial charge in [-0.05, 0) is 5.56 Å². The molecule has 8 nitrogen and oxygen atoms in total. The van der Waals surface area contributed by atoms with Gasteiger partial charge in [-0.15, -0.1) is 22.7 Å². The molecular weight excluding hydrogens is 386 g/mol. The molecule has 0 saturated heterocycles. The van der Waals surface area contributed by atoms with E-state index in [0.29, 0.717) is 23.7 Å². The molecule has 0 spiro atoms. The second kappa shape index (κ2) is 9.21. The van der Waals surface area contributed by atoms with Crippen LogP contribution in [0, 0.1) is 0 Å². The number of alkyl carbamates (subject to hydrolysis) is 1. The van der Waals surface area contributed by atoms with Crippen LogP contribution >= 0.6 is 22.7 Å². The standard InChI is InChI=1S/C17H17N5O3S2/c18-22-15(23)12-9-27-16(21-12)13-10-26-14(20-13)6-7-19-17(24)25-8-11-4-2-1-3-5-11/h1-5,9-10H,6-8,18H2,(H,19,24)(H,22,23). The SMILES string of the molecule is NNC(=O)c1csc(-c2csc(CCNC(=O)OCc3ccccc3)n2)n1. The number of carbonyl (C=O) groups excluding carboxylic acids is 2. The van der Waals surface area contributed by atoms with Crippen molar-refractivity contribution in [2.24, 2.45) is 5.84 Å². The van der Waals surface area contributed by atoms with Crippen LogP contribution in [0.5, 0.6) is 0 Å². The fourth-order valence-electron chi connectivity index (χ4n) is 2.14. The first-order valence-corrected chi connectivity index (χ1v) is 9.77. The van der Waals surface area contributed by atoms with Gasteiger partial charge < -0.3 is 10.1 Å². The molecule has 10 heteroatoms. The predicted molar refractivity (Wildman–Crippen MR) is 103 cm³/mol. The third-order valence-electron chi connectivity index (χ3n) is 3.46. The molecule has 2 amide bonds. The number of nitrogens with two attached hydrogens (primary N) is 1. The van der Waals surface area contributed by atoms with E-state index in [4.69, 9.17) is 10.6 Å². The maximum Gasteiger partial charge on any atom is 0.407 e. The molecule has 0 radical (unpaired) electrons. The molecule has 27 heavy (non-hydrogen) atoms. The third kappa shape index (κ3) is 5.33. The van der Waals surface area contributed by atoms with Crippen molar-refractivity contribution in [3.05, 3.63) is 57.4 Å². The molecule has 4 N–H and O–H groups in total. The Labute approximate surface area is 163 Å². The number of thiazole rings is 2. The summed E-state index contributed by atoms with van der Waals surface area (Å²) in [7, 11) is 0. The van der Waals surface area contributed by atoms with Gasteiger partial charge in [0.2, 0.25) is 0 Å². The van der Waals surface area contributed by atoms with E-state index in [9.17, 15) is 9.59 Å². The minimum Gasteiger partial charge on any atom is -0.445 e. The highest BCUT2D eigenvalue weighted by Crippen LogP contribution is 2.25. The van der Waals surface area contributed by atoms with Crippen molar-refractivity contribution in [3.63, 3.8) is 0 Å². The first-order valence-electron chi connectivity index (χ1n) is 8.01. The lowest BCUT2D eigenvalue weighted by Gasteiger charge is -2.06. The topological polar surface area (TPSA) is 119 Å². The Morgan fingerprint density at radius 1 is 1.11 bits per heavy atom. The summed E-state index contributed by atoms with van der Waals surface area (Å²) in [4.78, 5) is 31.9. The monoisotopic (exact) mass is 403 g/mol. The van der Waals surface area contributed by atoms with Gasteiger partial charge in [-0.3, -0.25) is 10.2 Å². The Balaban J connectivity index is 1.45. The highest BCUT2D eigenvalue weighted by atomic mass is 32.1. The van der Waals surface area contributed by atoms with Crippen LogP contribution in [-0.2, 0) is 17.8 Å². The molecular formula is C17H17N5O3S2. The van der Waals surface area contributed by atoms with Gasteiger partial charge in [0, 0.05) is 23.7 Å². The smallest absolute Gasteiger partial charge is 0.407 e. The van der Waals surface area contributed by atoms with E-state index in [-0.39, 0.29) is 12.3 Å². The second-order valence-corrected chi connectivity index (χ2v) is 7.18. The van der Waals surface area contributed by atoms with Crippen LogP contribution in [0.4, 0.5) is 4.79 Å². The van der Waals surface area contributed by atoms with E-state index in [1.165, 1.54) is 22.7 Å². The number of hydrazine groups is 1. The van der Waals surface area contributed by atoms with Crippen molar-refractivity contribution in [3.8, 4) is 10.7 Å². The molecule has 2 aromatic heterocycles. The summed E-state index contributed by atoms with van der Waals surface area (Å²) < 4.78 is 5.15. The van der Waals surface area contributed by atoms with Crippen molar-refractivity contribution < 1.29 is 14.3 Å². The minimum absolute atomic E-state index is 0.233.